The van der Waals surface area contributed by atoms with Crippen LogP contribution < -0.4 is 11.1 Å². The topological polar surface area (TPSA) is 64.3 Å². The van der Waals surface area contributed by atoms with Gasteiger partial charge in [0.2, 0.25) is 5.91 Å². The molecule has 70 valence electrons. The summed E-state index contributed by atoms with van der Waals surface area (Å²) in [5.74, 6) is -0.00463. The molecular formula is C8H16N2O2. The highest BCUT2D eigenvalue weighted by molar-refractivity contribution is 5.83. The first-order chi connectivity index (χ1) is 5.61. The Balaban J connectivity index is 2.63. The van der Waals surface area contributed by atoms with E-state index in [4.69, 9.17) is 10.5 Å². The highest BCUT2D eigenvalue weighted by Crippen LogP contribution is 2.26. The van der Waals surface area contributed by atoms with E-state index in [1.165, 1.54) is 0 Å². The first-order valence-corrected chi connectivity index (χ1v) is 4.23. The lowest BCUT2D eigenvalue weighted by molar-refractivity contribution is -0.130. The summed E-state index contributed by atoms with van der Waals surface area (Å²) >= 11 is 0. The monoisotopic (exact) mass is 172 g/mol. The van der Waals surface area contributed by atoms with Gasteiger partial charge < -0.3 is 15.8 Å². The number of hydrogen-bond donors (Lipinski definition) is 2. The van der Waals surface area contributed by atoms with E-state index in [0.29, 0.717) is 19.8 Å². The molecule has 1 fully saturated rings. The Kier molecular flexibility index (Phi) is 2.69. The fourth-order valence-corrected chi connectivity index (χ4v) is 1.29. The predicted octanol–water partition coefficient (Wildman–Crippen LogP) is -0.514. The summed E-state index contributed by atoms with van der Waals surface area (Å²) in [4.78, 5) is 11.5. The summed E-state index contributed by atoms with van der Waals surface area (Å²) in [5.41, 5.74) is 5.23. The highest BCUT2D eigenvalue weighted by Gasteiger charge is 2.43. The van der Waals surface area contributed by atoms with Gasteiger partial charge in [-0.1, -0.05) is 0 Å². The Hall–Kier alpha value is -0.610. The molecule has 0 aromatic carbocycles. The molecule has 4 nitrogen and oxygen atoms in total. The van der Waals surface area contributed by atoms with E-state index < -0.39 is 5.41 Å². The molecule has 1 amide bonds. The van der Waals surface area contributed by atoms with Gasteiger partial charge in [0.15, 0.2) is 0 Å². The van der Waals surface area contributed by atoms with Gasteiger partial charge in [-0.15, -0.1) is 0 Å². The average Bonchev–Trinajstić information content (AvgIpc) is 2.34. The van der Waals surface area contributed by atoms with Crippen molar-refractivity contribution in [1.82, 2.24) is 5.32 Å². The molecule has 2 atom stereocenters. The Morgan fingerprint density at radius 3 is 2.92 bits per heavy atom. The molecule has 1 saturated heterocycles. The van der Waals surface area contributed by atoms with Crippen molar-refractivity contribution in [2.24, 2.45) is 11.1 Å². The molecule has 1 aliphatic rings. The third kappa shape index (κ3) is 1.44. The Bertz CT molecular complexity index is 184. The minimum Gasteiger partial charge on any atom is -0.379 e. The van der Waals surface area contributed by atoms with Gasteiger partial charge in [-0.3, -0.25) is 4.79 Å². The fraction of sp³-hybridized carbons (Fsp3) is 0.875. The summed E-state index contributed by atoms with van der Waals surface area (Å²) in [7, 11) is 0. The molecule has 1 aliphatic heterocycles. The van der Waals surface area contributed by atoms with E-state index in [1.54, 1.807) is 0 Å². The molecule has 1 rings (SSSR count). The van der Waals surface area contributed by atoms with Crippen LogP contribution in [0.2, 0.25) is 0 Å². The zero-order valence-corrected chi connectivity index (χ0v) is 7.59. The fourth-order valence-electron chi connectivity index (χ4n) is 1.29. The quantitative estimate of drug-likeness (QED) is 0.589. The van der Waals surface area contributed by atoms with Gasteiger partial charge in [0.05, 0.1) is 18.6 Å². The second-order valence-electron chi connectivity index (χ2n) is 3.40. The van der Waals surface area contributed by atoms with Crippen LogP contribution in [0.5, 0.6) is 0 Å². The lowest BCUT2D eigenvalue weighted by atomic mass is 9.85. The third-order valence-electron chi connectivity index (χ3n) is 2.37. The predicted molar refractivity (Wildman–Crippen MR) is 45.6 cm³/mol. The number of rotatable bonds is 2. The minimum absolute atomic E-state index is 0.00463. The van der Waals surface area contributed by atoms with E-state index in [-0.39, 0.29) is 11.9 Å². The van der Waals surface area contributed by atoms with E-state index >= 15 is 0 Å². The van der Waals surface area contributed by atoms with Crippen molar-refractivity contribution in [3.63, 3.8) is 0 Å². The van der Waals surface area contributed by atoms with Crippen LogP contribution in [0.25, 0.3) is 0 Å². The molecule has 0 radical (unpaired) electrons. The number of amides is 1. The number of carbonyl (C=O) groups is 1. The number of carbonyl (C=O) groups excluding carboxylic acids is 1. The van der Waals surface area contributed by atoms with Gasteiger partial charge in [0, 0.05) is 12.6 Å². The number of nitrogens with one attached hydrogen (secondary N) is 1. The van der Waals surface area contributed by atoms with Crippen LogP contribution in [0.3, 0.4) is 0 Å². The van der Waals surface area contributed by atoms with Gasteiger partial charge in [0.1, 0.15) is 0 Å². The van der Waals surface area contributed by atoms with Gasteiger partial charge in [-0.25, -0.2) is 0 Å². The standard InChI is InChI=1S/C8H16N2O2/c1-3-10-7(11)8(2)5-12-4-6(8)9/h6H,3-5,9H2,1-2H3,(H,10,11). The first-order valence-electron chi connectivity index (χ1n) is 4.23. The van der Waals surface area contributed by atoms with Crippen molar-refractivity contribution in [2.75, 3.05) is 19.8 Å². The Labute approximate surface area is 72.5 Å². The maximum Gasteiger partial charge on any atom is 0.229 e. The summed E-state index contributed by atoms with van der Waals surface area (Å²) in [6, 6.07) is -0.177. The van der Waals surface area contributed by atoms with E-state index in [1.807, 2.05) is 13.8 Å². The molecule has 4 heteroatoms. The van der Waals surface area contributed by atoms with Crippen molar-refractivity contribution in [1.29, 1.82) is 0 Å². The van der Waals surface area contributed by atoms with Crippen LogP contribution in [0.1, 0.15) is 13.8 Å². The summed E-state index contributed by atoms with van der Waals surface area (Å²) in [5, 5.41) is 2.76. The van der Waals surface area contributed by atoms with Crippen LogP contribution in [0.15, 0.2) is 0 Å². The van der Waals surface area contributed by atoms with Crippen molar-refractivity contribution >= 4 is 5.91 Å². The van der Waals surface area contributed by atoms with Gasteiger partial charge >= 0.3 is 0 Å². The molecule has 1 heterocycles. The SMILES string of the molecule is CCNC(=O)C1(C)COCC1N. The van der Waals surface area contributed by atoms with Gasteiger partial charge in [-0.05, 0) is 13.8 Å². The van der Waals surface area contributed by atoms with Crippen molar-refractivity contribution < 1.29 is 9.53 Å². The molecule has 12 heavy (non-hydrogen) atoms. The van der Waals surface area contributed by atoms with Crippen molar-refractivity contribution in [2.45, 2.75) is 19.9 Å². The summed E-state index contributed by atoms with van der Waals surface area (Å²) in [6.45, 7) is 5.28. The smallest absolute Gasteiger partial charge is 0.229 e. The Morgan fingerprint density at radius 1 is 1.83 bits per heavy atom. The van der Waals surface area contributed by atoms with Gasteiger partial charge in [-0.2, -0.15) is 0 Å². The average molecular weight is 172 g/mol. The molecule has 0 aliphatic carbocycles. The zero-order chi connectivity index (χ0) is 9.19. The molecule has 0 bridgehead atoms. The minimum atomic E-state index is -0.532. The molecule has 0 aromatic heterocycles. The first kappa shape index (κ1) is 9.48. The van der Waals surface area contributed by atoms with E-state index in [0.717, 1.165) is 0 Å². The molecule has 2 unspecified atom stereocenters. The summed E-state index contributed by atoms with van der Waals surface area (Å²) < 4.78 is 5.15. The van der Waals surface area contributed by atoms with Crippen LogP contribution >= 0.6 is 0 Å². The molecular weight excluding hydrogens is 156 g/mol. The van der Waals surface area contributed by atoms with E-state index in [2.05, 4.69) is 5.32 Å². The van der Waals surface area contributed by atoms with Crippen molar-refractivity contribution in [3.05, 3.63) is 0 Å². The lowest BCUT2D eigenvalue weighted by Gasteiger charge is -2.24. The summed E-state index contributed by atoms with van der Waals surface area (Å²) in [6.07, 6.45) is 0. The molecule has 0 spiro atoms. The molecule has 0 aromatic rings. The second kappa shape index (κ2) is 3.41. The van der Waals surface area contributed by atoms with E-state index in [9.17, 15) is 4.79 Å². The largest absolute Gasteiger partial charge is 0.379 e. The number of ether oxygens (including phenoxy) is 1. The van der Waals surface area contributed by atoms with Crippen LogP contribution in [-0.2, 0) is 9.53 Å². The third-order valence-corrected chi connectivity index (χ3v) is 2.37. The number of hydrogen-bond acceptors (Lipinski definition) is 3. The van der Waals surface area contributed by atoms with Crippen LogP contribution in [0, 0.1) is 5.41 Å². The van der Waals surface area contributed by atoms with Crippen molar-refractivity contribution in [3.8, 4) is 0 Å². The molecule has 0 saturated carbocycles. The number of nitrogens with two attached hydrogens (primary N) is 1. The zero-order valence-electron chi connectivity index (χ0n) is 7.59. The van der Waals surface area contributed by atoms with Crippen LogP contribution in [-0.4, -0.2) is 31.7 Å². The lowest BCUT2D eigenvalue weighted by Crippen LogP contribution is -2.49. The highest BCUT2D eigenvalue weighted by atomic mass is 16.5. The maximum absolute atomic E-state index is 11.5. The van der Waals surface area contributed by atoms with Crippen LogP contribution in [0.4, 0.5) is 0 Å². The van der Waals surface area contributed by atoms with Gasteiger partial charge in [0.25, 0.3) is 0 Å². The second-order valence-corrected chi connectivity index (χ2v) is 3.40. The maximum atomic E-state index is 11.5. The normalized spacial score (nSPS) is 35.1. The molecule has 3 N–H and O–H groups in total. The Morgan fingerprint density at radius 2 is 2.50 bits per heavy atom.